The number of hydrogen-bond donors (Lipinski definition) is 2. The largest absolute Gasteiger partial charge is 0.481 e. The molecule has 1 amide bonds. The number of carboxylic acids is 1. The number of hydrogen-bond acceptors (Lipinski definition) is 5. The standard InChI is InChI=1S/C23H25NO5S/c1-3-12-29-23(28)19-18(15-10-8-14(2)9-11-15)13-30-21(19)24-20(25)16-6-4-5-7-17(16)22(26)27/h4-5,8-11,13,16-17H,3,6-7,12H2,1-2H3,(H,24,25)(H,26,27)/t16-,17-/m0/s1. The molecule has 7 heteroatoms. The van der Waals surface area contributed by atoms with Gasteiger partial charge in [0, 0.05) is 10.9 Å². The zero-order chi connectivity index (χ0) is 21.7. The molecule has 0 bridgehead atoms. The molecule has 6 nitrogen and oxygen atoms in total. The summed E-state index contributed by atoms with van der Waals surface area (Å²) in [5.41, 5.74) is 2.95. The Morgan fingerprint density at radius 2 is 1.80 bits per heavy atom. The zero-order valence-corrected chi connectivity index (χ0v) is 17.8. The van der Waals surface area contributed by atoms with Gasteiger partial charge in [0.2, 0.25) is 5.91 Å². The molecule has 0 unspecified atom stereocenters. The van der Waals surface area contributed by atoms with Crippen LogP contribution in [0.15, 0.2) is 41.8 Å². The third kappa shape index (κ3) is 4.79. The Morgan fingerprint density at radius 1 is 1.13 bits per heavy atom. The number of carbonyl (C=O) groups excluding carboxylic acids is 2. The fraction of sp³-hybridized carbons (Fsp3) is 0.348. The van der Waals surface area contributed by atoms with Crippen molar-refractivity contribution in [1.29, 1.82) is 0 Å². The third-order valence-corrected chi connectivity index (χ3v) is 6.01. The Balaban J connectivity index is 1.92. The molecule has 158 valence electrons. The molecule has 0 saturated carbocycles. The molecule has 2 atom stereocenters. The van der Waals surface area contributed by atoms with Gasteiger partial charge in [-0.25, -0.2) is 4.79 Å². The number of amides is 1. The predicted octanol–water partition coefficient (Wildman–Crippen LogP) is 4.90. The van der Waals surface area contributed by atoms with Crippen molar-refractivity contribution < 1.29 is 24.2 Å². The topological polar surface area (TPSA) is 92.7 Å². The van der Waals surface area contributed by atoms with Crippen LogP contribution in [0, 0.1) is 18.8 Å². The number of anilines is 1. The average Bonchev–Trinajstić information content (AvgIpc) is 3.16. The van der Waals surface area contributed by atoms with E-state index >= 15 is 0 Å². The van der Waals surface area contributed by atoms with Gasteiger partial charge in [-0.1, -0.05) is 48.9 Å². The summed E-state index contributed by atoms with van der Waals surface area (Å²) in [6.45, 7) is 4.17. The second-order valence-corrected chi connectivity index (χ2v) is 8.22. The van der Waals surface area contributed by atoms with Gasteiger partial charge in [0.05, 0.1) is 18.4 Å². The number of thiophene rings is 1. The smallest absolute Gasteiger partial charge is 0.341 e. The monoisotopic (exact) mass is 427 g/mol. The molecule has 1 aromatic carbocycles. The fourth-order valence-corrected chi connectivity index (χ4v) is 4.41. The molecule has 0 spiro atoms. The summed E-state index contributed by atoms with van der Waals surface area (Å²) < 4.78 is 5.36. The SMILES string of the molecule is CCCOC(=O)c1c(-c2ccc(C)cc2)csc1NC(=O)[C@H]1CC=CC[C@@H]1C(=O)O. The van der Waals surface area contributed by atoms with Crippen molar-refractivity contribution >= 4 is 34.2 Å². The third-order valence-electron chi connectivity index (χ3n) is 5.12. The van der Waals surface area contributed by atoms with E-state index in [0.717, 1.165) is 11.1 Å². The zero-order valence-electron chi connectivity index (χ0n) is 17.0. The summed E-state index contributed by atoms with van der Waals surface area (Å²) in [6.07, 6.45) is 4.97. The van der Waals surface area contributed by atoms with Crippen molar-refractivity contribution in [3.05, 3.63) is 52.9 Å². The van der Waals surface area contributed by atoms with Gasteiger partial charge in [0.1, 0.15) is 10.6 Å². The van der Waals surface area contributed by atoms with Gasteiger partial charge in [0.25, 0.3) is 0 Å². The number of nitrogens with one attached hydrogen (secondary N) is 1. The number of aryl methyl sites for hydroxylation is 1. The minimum atomic E-state index is -0.992. The molecule has 30 heavy (non-hydrogen) atoms. The Morgan fingerprint density at radius 3 is 2.43 bits per heavy atom. The van der Waals surface area contributed by atoms with Crippen molar-refractivity contribution in [1.82, 2.24) is 0 Å². The minimum Gasteiger partial charge on any atom is -0.481 e. The van der Waals surface area contributed by atoms with E-state index in [0.29, 0.717) is 35.4 Å². The molecule has 1 heterocycles. The van der Waals surface area contributed by atoms with Gasteiger partial charge in [-0.05, 0) is 31.7 Å². The number of carbonyl (C=O) groups is 3. The van der Waals surface area contributed by atoms with Crippen LogP contribution in [0.25, 0.3) is 11.1 Å². The first-order valence-corrected chi connectivity index (χ1v) is 10.8. The molecule has 0 aliphatic heterocycles. The molecule has 0 fully saturated rings. The van der Waals surface area contributed by atoms with Gasteiger partial charge < -0.3 is 15.2 Å². The van der Waals surface area contributed by atoms with Crippen LogP contribution in [0.1, 0.15) is 42.1 Å². The van der Waals surface area contributed by atoms with Crippen molar-refractivity contribution in [3.63, 3.8) is 0 Å². The molecule has 1 aromatic heterocycles. The number of allylic oxidation sites excluding steroid dienone is 2. The molecule has 0 saturated heterocycles. The van der Waals surface area contributed by atoms with Crippen molar-refractivity contribution in [2.75, 3.05) is 11.9 Å². The number of aliphatic carboxylic acids is 1. The predicted molar refractivity (Wildman–Crippen MR) is 117 cm³/mol. The number of ether oxygens (including phenoxy) is 1. The van der Waals surface area contributed by atoms with Crippen LogP contribution in [-0.2, 0) is 14.3 Å². The lowest BCUT2D eigenvalue weighted by Gasteiger charge is -2.24. The second-order valence-electron chi connectivity index (χ2n) is 7.34. The molecule has 0 radical (unpaired) electrons. The van der Waals surface area contributed by atoms with Crippen LogP contribution in [0.5, 0.6) is 0 Å². The summed E-state index contributed by atoms with van der Waals surface area (Å²) in [5.74, 6) is -3.34. The molecule has 1 aliphatic rings. The number of rotatable bonds is 7. The van der Waals surface area contributed by atoms with Gasteiger partial charge >= 0.3 is 11.9 Å². The lowest BCUT2D eigenvalue weighted by molar-refractivity contribution is -0.146. The maximum absolute atomic E-state index is 12.9. The van der Waals surface area contributed by atoms with E-state index in [1.165, 1.54) is 11.3 Å². The average molecular weight is 428 g/mol. The Kier molecular flexibility index (Phi) is 7.05. The molecule has 2 aromatic rings. The van der Waals surface area contributed by atoms with Gasteiger partial charge in [-0.15, -0.1) is 11.3 Å². The summed E-state index contributed by atoms with van der Waals surface area (Å²) in [5, 5.41) is 14.5. The van der Waals surface area contributed by atoms with Crippen LogP contribution in [0.4, 0.5) is 5.00 Å². The Hall–Kier alpha value is -2.93. The number of esters is 1. The van der Waals surface area contributed by atoms with E-state index in [9.17, 15) is 19.5 Å². The van der Waals surface area contributed by atoms with Gasteiger partial charge in [-0.3, -0.25) is 9.59 Å². The number of carboxylic acid groups (broad SMARTS) is 1. The van der Waals surface area contributed by atoms with Crippen LogP contribution >= 0.6 is 11.3 Å². The highest BCUT2D eigenvalue weighted by Gasteiger charge is 2.35. The first-order valence-electron chi connectivity index (χ1n) is 9.96. The van der Waals surface area contributed by atoms with Crippen LogP contribution < -0.4 is 5.32 Å². The lowest BCUT2D eigenvalue weighted by atomic mass is 9.82. The maximum atomic E-state index is 12.9. The molecule has 1 aliphatic carbocycles. The Labute approximate surface area is 179 Å². The summed E-state index contributed by atoms with van der Waals surface area (Å²) in [6, 6.07) is 7.76. The van der Waals surface area contributed by atoms with Gasteiger partial charge in [0.15, 0.2) is 0 Å². The van der Waals surface area contributed by atoms with E-state index in [1.54, 1.807) is 6.08 Å². The van der Waals surface area contributed by atoms with Crippen LogP contribution in [0.2, 0.25) is 0 Å². The highest BCUT2D eigenvalue weighted by Crippen LogP contribution is 2.37. The fourth-order valence-electron chi connectivity index (χ4n) is 3.45. The highest BCUT2D eigenvalue weighted by molar-refractivity contribution is 7.15. The molecular formula is C23H25NO5S. The minimum absolute atomic E-state index is 0.282. The van der Waals surface area contributed by atoms with E-state index in [-0.39, 0.29) is 6.61 Å². The van der Waals surface area contributed by atoms with Crippen molar-refractivity contribution in [2.45, 2.75) is 33.1 Å². The van der Waals surface area contributed by atoms with Crippen LogP contribution in [0.3, 0.4) is 0 Å². The normalized spacial score (nSPS) is 18.1. The molecular weight excluding hydrogens is 402 g/mol. The van der Waals surface area contributed by atoms with E-state index in [1.807, 2.05) is 49.6 Å². The van der Waals surface area contributed by atoms with Crippen molar-refractivity contribution in [2.24, 2.45) is 11.8 Å². The van der Waals surface area contributed by atoms with Gasteiger partial charge in [-0.2, -0.15) is 0 Å². The summed E-state index contributed by atoms with van der Waals surface area (Å²) in [7, 11) is 0. The maximum Gasteiger partial charge on any atom is 0.341 e. The molecule has 2 N–H and O–H groups in total. The van der Waals surface area contributed by atoms with Crippen molar-refractivity contribution in [3.8, 4) is 11.1 Å². The summed E-state index contributed by atoms with van der Waals surface area (Å²) in [4.78, 5) is 37.3. The second kappa shape index (κ2) is 9.71. The molecule has 3 rings (SSSR count). The summed E-state index contributed by atoms with van der Waals surface area (Å²) >= 11 is 1.24. The highest BCUT2D eigenvalue weighted by atomic mass is 32.1. The first-order chi connectivity index (χ1) is 14.4. The quantitative estimate of drug-likeness (QED) is 0.484. The van der Waals surface area contributed by atoms with Crippen LogP contribution in [-0.4, -0.2) is 29.6 Å². The number of benzene rings is 1. The van der Waals surface area contributed by atoms with E-state index in [4.69, 9.17) is 4.74 Å². The Bertz CT molecular complexity index is 960. The van der Waals surface area contributed by atoms with E-state index in [2.05, 4.69) is 5.32 Å². The first kappa shape index (κ1) is 21.8. The lowest BCUT2D eigenvalue weighted by Crippen LogP contribution is -2.34. The van der Waals surface area contributed by atoms with E-state index < -0.39 is 29.7 Å².